The minimum atomic E-state index is -3.31. The summed E-state index contributed by atoms with van der Waals surface area (Å²) in [5, 5.41) is 0.849. The van der Waals surface area contributed by atoms with Gasteiger partial charge in [0.05, 0.1) is 43.3 Å². The zero-order valence-electron chi connectivity index (χ0n) is 15.4. The molecule has 0 fully saturated rings. The van der Waals surface area contributed by atoms with Crippen LogP contribution >= 0.6 is 16.3 Å². The van der Waals surface area contributed by atoms with E-state index in [1.165, 1.54) is 32.9 Å². The lowest BCUT2D eigenvalue weighted by atomic mass is 10.2. The van der Waals surface area contributed by atoms with Gasteiger partial charge in [-0.1, -0.05) is 6.07 Å². The molecule has 1 aromatic heterocycles. The number of rotatable bonds is 5. The van der Waals surface area contributed by atoms with Crippen LogP contribution in [0.15, 0.2) is 52.0 Å². The molecule has 8 nitrogen and oxygen atoms in total. The predicted molar refractivity (Wildman–Crippen MR) is 114 cm³/mol. The van der Waals surface area contributed by atoms with Crippen LogP contribution < -0.4 is 14.8 Å². The highest BCUT2D eigenvalue weighted by molar-refractivity contribution is 8.22. The highest BCUT2D eigenvalue weighted by Gasteiger charge is 2.30. The molecule has 2 atom stereocenters. The fourth-order valence-corrected chi connectivity index (χ4v) is 5.05. The summed E-state index contributed by atoms with van der Waals surface area (Å²) >= 11 is 0. The van der Waals surface area contributed by atoms with Gasteiger partial charge in [-0.25, -0.2) is 24.0 Å². The predicted octanol–water partition coefficient (Wildman–Crippen LogP) is 2.68. The molecule has 148 valence electrons. The van der Waals surface area contributed by atoms with Crippen molar-refractivity contribution in [2.75, 3.05) is 20.5 Å². The van der Waals surface area contributed by atoms with Gasteiger partial charge in [-0.15, -0.1) is 0 Å². The maximum absolute atomic E-state index is 13.3. The van der Waals surface area contributed by atoms with Crippen LogP contribution in [0.25, 0.3) is 10.9 Å². The second-order valence-electron chi connectivity index (χ2n) is 5.96. The number of nitrogens with zero attached hydrogens (tertiary/aromatic N) is 3. The molecule has 2 N–H and O–H groups in total. The Kier molecular flexibility index (Phi) is 5.84. The van der Waals surface area contributed by atoms with Gasteiger partial charge in [0.25, 0.3) is 0 Å². The van der Waals surface area contributed by atoms with Crippen LogP contribution in [0.3, 0.4) is 0 Å². The summed E-state index contributed by atoms with van der Waals surface area (Å²) in [7, 11) is -1.17. The summed E-state index contributed by atoms with van der Waals surface area (Å²) in [5.41, 5.74) is 0.566. The number of benzene rings is 2. The van der Waals surface area contributed by atoms with Crippen molar-refractivity contribution in [3.05, 3.63) is 42.7 Å². The highest BCUT2D eigenvalue weighted by atomic mass is 32.2. The van der Waals surface area contributed by atoms with Gasteiger partial charge in [-0.05, 0) is 18.2 Å². The second kappa shape index (κ2) is 7.85. The monoisotopic (exact) mass is 440 g/mol. The van der Waals surface area contributed by atoms with Crippen molar-refractivity contribution in [3.63, 3.8) is 0 Å². The van der Waals surface area contributed by atoms with Gasteiger partial charge in [0.1, 0.15) is 6.33 Å². The molecule has 0 amide bonds. The lowest BCUT2D eigenvalue weighted by Gasteiger charge is -2.11. The average molecular weight is 440 g/mol. The summed E-state index contributed by atoms with van der Waals surface area (Å²) in [6, 6.07) is 9.66. The molecule has 0 aliphatic heterocycles. The van der Waals surface area contributed by atoms with Gasteiger partial charge in [0, 0.05) is 23.8 Å². The van der Waals surface area contributed by atoms with Crippen LogP contribution in [0.2, 0.25) is 0 Å². The first-order valence-electron chi connectivity index (χ1n) is 7.98. The molecule has 28 heavy (non-hydrogen) atoms. The summed E-state index contributed by atoms with van der Waals surface area (Å²) in [5.74, 6) is 1.23. The fraction of sp³-hybridized carbons (Fsp3) is 0.176. The molecule has 0 radical (unpaired) electrons. The Bertz CT molecular complexity index is 1160. The molecule has 2 unspecified atom stereocenters. The number of hydrogen-bond acceptors (Lipinski definition) is 8. The van der Waals surface area contributed by atoms with E-state index < -0.39 is 17.1 Å². The van der Waals surface area contributed by atoms with Crippen molar-refractivity contribution in [2.24, 2.45) is 4.36 Å². The highest BCUT2D eigenvalue weighted by Crippen LogP contribution is 2.57. The zero-order chi connectivity index (χ0) is 20.5. The van der Waals surface area contributed by atoms with Crippen LogP contribution in [0.4, 0.5) is 5.82 Å². The van der Waals surface area contributed by atoms with Crippen molar-refractivity contribution in [1.82, 2.24) is 9.97 Å². The third-order valence-corrected chi connectivity index (χ3v) is 7.60. The van der Waals surface area contributed by atoms with Crippen LogP contribution in [-0.4, -0.2) is 44.4 Å². The first kappa shape index (κ1) is 20.8. The summed E-state index contributed by atoms with van der Waals surface area (Å²) in [6.45, 7) is 0. The SMILES string of the molecule is COc1cc2ncnc(N=S(C)(=O)c3cccc([P+](O)(O)P)c3)c2cc1OC. The number of methoxy groups -OCH3 is 2. The Labute approximate surface area is 165 Å². The fourth-order valence-electron chi connectivity index (χ4n) is 2.58. The number of hydrogen-bond donors (Lipinski definition) is 2. The third kappa shape index (κ3) is 4.24. The molecular formula is C17H20N3O5P2S+. The molecule has 0 bridgehead atoms. The first-order chi connectivity index (χ1) is 13.2. The van der Waals surface area contributed by atoms with E-state index in [-0.39, 0.29) is 5.82 Å². The lowest BCUT2D eigenvalue weighted by Crippen LogP contribution is -2.08. The third-order valence-electron chi connectivity index (χ3n) is 4.02. The van der Waals surface area contributed by atoms with Crippen molar-refractivity contribution in [3.8, 4) is 11.5 Å². The molecule has 0 aliphatic rings. The Balaban J connectivity index is 2.20. The standard InChI is InChI=1S/C17H20N3O5P2S/c1-24-15-8-13-14(9-16(15)25-2)18-10-19-17(13)20-28(3,23)12-6-4-5-11(7-12)27(21,22)26/h4-10,21-22H,26H2,1-3H3/q+1. The van der Waals surface area contributed by atoms with Crippen LogP contribution in [0, 0.1) is 0 Å². The molecule has 11 heteroatoms. The van der Waals surface area contributed by atoms with Gasteiger partial charge >= 0.3 is 7.40 Å². The first-order valence-corrected chi connectivity index (χ1v) is 13.2. The quantitative estimate of drug-likeness (QED) is 0.587. The molecule has 0 saturated heterocycles. The minimum absolute atomic E-state index is 0.240. The maximum atomic E-state index is 13.3. The number of fused-ring (bicyclic) bond motifs is 1. The van der Waals surface area contributed by atoms with Crippen LogP contribution in [0.1, 0.15) is 0 Å². The molecule has 3 aromatic rings. The van der Waals surface area contributed by atoms with E-state index in [4.69, 9.17) is 9.47 Å². The Morgan fingerprint density at radius 1 is 1.11 bits per heavy atom. The van der Waals surface area contributed by atoms with E-state index in [9.17, 15) is 14.0 Å². The Morgan fingerprint density at radius 3 is 2.43 bits per heavy atom. The van der Waals surface area contributed by atoms with E-state index in [2.05, 4.69) is 14.3 Å². The van der Waals surface area contributed by atoms with Gasteiger partial charge in [-0.2, -0.15) is 4.36 Å². The zero-order valence-corrected chi connectivity index (χ0v) is 18.3. The summed E-state index contributed by atoms with van der Waals surface area (Å²) in [6.07, 6.45) is 2.80. The normalized spacial score (nSPS) is 13.8. The second-order valence-corrected chi connectivity index (χ2v) is 12.2. The number of ether oxygens (including phenoxy) is 2. The average Bonchev–Trinajstić information content (AvgIpc) is 2.66. The molecule has 3 rings (SSSR count). The molecule has 0 aliphatic carbocycles. The van der Waals surface area contributed by atoms with E-state index in [0.29, 0.717) is 32.6 Å². The van der Waals surface area contributed by atoms with Gasteiger partial charge in [0.15, 0.2) is 22.6 Å². The Morgan fingerprint density at radius 2 is 1.79 bits per heavy atom. The van der Waals surface area contributed by atoms with Gasteiger partial charge in [0.2, 0.25) is 0 Å². The van der Waals surface area contributed by atoms with Crippen molar-refractivity contribution in [1.29, 1.82) is 0 Å². The topological polar surface area (TPSA) is 114 Å². The minimum Gasteiger partial charge on any atom is -0.493 e. The maximum Gasteiger partial charge on any atom is 0.310 e. The van der Waals surface area contributed by atoms with Crippen molar-refractivity contribution >= 4 is 48.1 Å². The van der Waals surface area contributed by atoms with Crippen molar-refractivity contribution in [2.45, 2.75) is 4.90 Å². The lowest BCUT2D eigenvalue weighted by molar-refractivity contribution is 0.356. The van der Waals surface area contributed by atoms with Crippen LogP contribution in [-0.2, 0) is 9.73 Å². The van der Waals surface area contributed by atoms with E-state index in [1.807, 2.05) is 8.93 Å². The molecule has 2 aromatic carbocycles. The molecular weight excluding hydrogens is 420 g/mol. The smallest absolute Gasteiger partial charge is 0.310 e. The van der Waals surface area contributed by atoms with Gasteiger partial charge in [-0.3, -0.25) is 0 Å². The van der Waals surface area contributed by atoms with Gasteiger partial charge < -0.3 is 9.47 Å². The van der Waals surface area contributed by atoms with Crippen molar-refractivity contribution < 1.29 is 23.5 Å². The van der Waals surface area contributed by atoms with E-state index in [0.717, 1.165) is 0 Å². The van der Waals surface area contributed by atoms with E-state index in [1.54, 1.807) is 30.3 Å². The Hall–Kier alpha value is -1.89. The molecule has 0 spiro atoms. The van der Waals surface area contributed by atoms with E-state index >= 15 is 0 Å². The molecule has 0 saturated carbocycles. The largest absolute Gasteiger partial charge is 0.493 e. The number of aromatic nitrogens is 2. The summed E-state index contributed by atoms with van der Waals surface area (Å²) < 4.78 is 28.3. The van der Waals surface area contributed by atoms with Crippen LogP contribution in [0.5, 0.6) is 11.5 Å². The summed E-state index contributed by atoms with van der Waals surface area (Å²) in [4.78, 5) is 28.5. The molecule has 1 heterocycles.